The molecule has 2 heterocycles. The van der Waals surface area contributed by atoms with Crippen LogP contribution in [0.2, 0.25) is 5.02 Å². The van der Waals surface area contributed by atoms with Gasteiger partial charge in [0.05, 0.1) is 17.5 Å². The Balaban J connectivity index is 1.80. The summed E-state index contributed by atoms with van der Waals surface area (Å²) in [6, 6.07) is 9.33. The monoisotopic (exact) mass is 500 g/mol. The number of aryl methyl sites for hydroxylation is 1. The maximum atomic E-state index is 13.7. The van der Waals surface area contributed by atoms with Crippen LogP contribution in [0.3, 0.4) is 0 Å². The van der Waals surface area contributed by atoms with Crippen LogP contribution in [-0.2, 0) is 14.4 Å². The summed E-state index contributed by atoms with van der Waals surface area (Å²) >= 11 is 6.24. The van der Waals surface area contributed by atoms with Crippen LogP contribution in [0.15, 0.2) is 42.5 Å². The first-order valence-corrected chi connectivity index (χ1v) is 11.4. The van der Waals surface area contributed by atoms with E-state index in [4.69, 9.17) is 17.3 Å². The van der Waals surface area contributed by atoms with Crippen LogP contribution in [0.5, 0.6) is 5.75 Å². The Labute approximate surface area is 206 Å². The summed E-state index contributed by atoms with van der Waals surface area (Å²) in [5, 5.41) is 26.6. The van der Waals surface area contributed by atoms with Crippen molar-refractivity contribution in [2.24, 2.45) is 17.6 Å². The summed E-state index contributed by atoms with van der Waals surface area (Å²) in [6.07, 6.45) is 0.103. The van der Waals surface area contributed by atoms with Crippen LogP contribution >= 0.6 is 11.6 Å². The van der Waals surface area contributed by atoms with Crippen molar-refractivity contribution < 1.29 is 29.4 Å². The number of primary amides is 1. The third-order valence-electron chi connectivity index (χ3n) is 6.77. The number of nitrogens with two attached hydrogens (primary N) is 1. The van der Waals surface area contributed by atoms with E-state index in [0.717, 1.165) is 10.5 Å². The number of carbonyl (C=O) groups is 4. The first-order valence-electron chi connectivity index (χ1n) is 11.0. The minimum Gasteiger partial charge on any atom is -0.508 e. The fraction of sp³-hybridized carbons (Fsp3) is 0.333. The molecule has 2 aliphatic heterocycles. The van der Waals surface area contributed by atoms with E-state index in [1.165, 1.54) is 12.1 Å². The number of anilines is 1. The molecule has 4 rings (SSSR count). The summed E-state index contributed by atoms with van der Waals surface area (Å²) in [4.78, 5) is 52.2. The number of para-hydroxylation sites is 1. The fourth-order valence-corrected chi connectivity index (χ4v) is 5.28. The molecule has 11 heteroatoms. The van der Waals surface area contributed by atoms with Crippen LogP contribution in [0.1, 0.15) is 30.0 Å². The number of phenols is 1. The topological polar surface area (TPSA) is 162 Å². The van der Waals surface area contributed by atoms with Crippen LogP contribution in [0.4, 0.5) is 10.5 Å². The fourth-order valence-electron chi connectivity index (χ4n) is 5.11. The van der Waals surface area contributed by atoms with Gasteiger partial charge in [-0.3, -0.25) is 19.7 Å². The highest BCUT2D eigenvalue weighted by atomic mass is 35.5. The number of phenolic OH excluding ortho intramolecular Hbond substituents is 1. The summed E-state index contributed by atoms with van der Waals surface area (Å²) in [5.41, 5.74) is 4.58. The number of carboxylic acids is 1. The lowest BCUT2D eigenvalue weighted by atomic mass is 9.77. The number of halogens is 1. The Bertz CT molecular complexity index is 1220. The number of rotatable bonds is 7. The number of nitrogens with one attached hydrogen (secondary N) is 2. The molecule has 0 spiro atoms. The molecule has 4 unspecified atom stereocenters. The Hall–Kier alpha value is -3.63. The second-order valence-corrected chi connectivity index (χ2v) is 9.21. The summed E-state index contributed by atoms with van der Waals surface area (Å²) < 4.78 is 0. The molecule has 2 aromatic carbocycles. The molecule has 0 saturated carbocycles. The van der Waals surface area contributed by atoms with E-state index in [2.05, 4.69) is 10.6 Å². The molecule has 2 saturated heterocycles. The number of imide groups is 1. The van der Waals surface area contributed by atoms with Crippen LogP contribution in [0, 0.1) is 18.8 Å². The Morgan fingerprint density at radius 3 is 2.54 bits per heavy atom. The normalized spacial score (nSPS) is 25.5. The van der Waals surface area contributed by atoms with Gasteiger partial charge in [0.2, 0.25) is 11.8 Å². The van der Waals surface area contributed by atoms with Gasteiger partial charge in [0.15, 0.2) is 0 Å². The Morgan fingerprint density at radius 2 is 1.91 bits per heavy atom. The molecule has 0 aliphatic carbocycles. The molecule has 2 aromatic rings. The van der Waals surface area contributed by atoms with Crippen LogP contribution in [0.25, 0.3) is 0 Å². The predicted molar refractivity (Wildman–Crippen MR) is 127 cm³/mol. The van der Waals surface area contributed by atoms with Gasteiger partial charge in [-0.1, -0.05) is 35.9 Å². The second-order valence-electron chi connectivity index (χ2n) is 8.80. The quantitative estimate of drug-likeness (QED) is 0.287. The summed E-state index contributed by atoms with van der Waals surface area (Å²) in [6.45, 7) is 1.87. The van der Waals surface area contributed by atoms with Crippen LogP contribution < -0.4 is 21.3 Å². The van der Waals surface area contributed by atoms with Gasteiger partial charge in [-0.2, -0.15) is 0 Å². The number of nitrogens with zero attached hydrogens (tertiary/aromatic N) is 1. The van der Waals surface area contributed by atoms with Crippen molar-refractivity contribution in [1.29, 1.82) is 0 Å². The molecule has 0 aromatic heterocycles. The molecule has 10 nitrogen and oxygen atoms in total. The van der Waals surface area contributed by atoms with E-state index in [0.29, 0.717) is 10.6 Å². The number of hydrogen-bond acceptors (Lipinski definition) is 6. The van der Waals surface area contributed by atoms with E-state index in [1.54, 1.807) is 37.3 Å². The zero-order valence-corrected chi connectivity index (χ0v) is 19.6. The molecule has 0 bridgehead atoms. The first kappa shape index (κ1) is 24.5. The van der Waals surface area contributed by atoms with Crippen molar-refractivity contribution in [3.05, 3.63) is 58.6 Å². The van der Waals surface area contributed by atoms with Crippen molar-refractivity contribution in [3.63, 3.8) is 0 Å². The standard InChI is InChI=1S/C24H25ClN4O6/c1-12-7-8-13(11-15(12)25)29-20(31)17-18(21(29)32)24(22(33)34,9-4-10-27-23(26)35)28-19(17)14-5-2-3-6-16(14)30/h2-3,5-8,11,17-19,28,30H,4,9-10H2,1H3,(H,33,34)(H3,26,27,35). The number of hydrogen-bond donors (Lipinski definition) is 5. The Morgan fingerprint density at radius 1 is 1.20 bits per heavy atom. The third-order valence-corrected chi connectivity index (χ3v) is 7.18. The number of aromatic hydroxyl groups is 1. The zero-order valence-electron chi connectivity index (χ0n) is 18.8. The van der Waals surface area contributed by atoms with Crippen molar-refractivity contribution in [3.8, 4) is 5.75 Å². The van der Waals surface area contributed by atoms with E-state index in [-0.39, 0.29) is 30.8 Å². The molecule has 184 valence electrons. The van der Waals surface area contributed by atoms with E-state index in [1.807, 2.05) is 0 Å². The molecule has 4 amide bonds. The number of aliphatic carboxylic acids is 1. The highest BCUT2D eigenvalue weighted by Crippen LogP contribution is 2.52. The average molecular weight is 501 g/mol. The maximum absolute atomic E-state index is 13.7. The maximum Gasteiger partial charge on any atom is 0.324 e. The number of urea groups is 1. The second kappa shape index (κ2) is 9.20. The van der Waals surface area contributed by atoms with Gasteiger partial charge in [-0.25, -0.2) is 9.69 Å². The van der Waals surface area contributed by atoms with Crippen LogP contribution in [-0.4, -0.2) is 46.1 Å². The molecule has 6 N–H and O–H groups in total. The SMILES string of the molecule is Cc1ccc(N2C(=O)C3C(c4ccccc4O)NC(CCCNC(N)=O)(C(=O)O)C3C2=O)cc1Cl. The number of benzene rings is 2. The number of amides is 4. The zero-order chi connectivity index (χ0) is 25.5. The third kappa shape index (κ3) is 4.08. The molecular weight excluding hydrogens is 476 g/mol. The van der Waals surface area contributed by atoms with Crippen molar-refractivity contribution >= 4 is 41.1 Å². The average Bonchev–Trinajstić information content (AvgIpc) is 3.28. The van der Waals surface area contributed by atoms with E-state index >= 15 is 0 Å². The van der Waals surface area contributed by atoms with Gasteiger partial charge in [-0.05, 0) is 43.5 Å². The lowest BCUT2D eigenvalue weighted by molar-refractivity contribution is -0.149. The van der Waals surface area contributed by atoms with Crippen molar-refractivity contribution in [1.82, 2.24) is 10.6 Å². The predicted octanol–water partition coefficient (Wildman–Crippen LogP) is 2.08. The Kier molecular flexibility index (Phi) is 6.44. The minimum atomic E-state index is -1.83. The van der Waals surface area contributed by atoms with Gasteiger partial charge in [0.1, 0.15) is 11.3 Å². The van der Waals surface area contributed by atoms with E-state index < -0.39 is 47.2 Å². The number of carboxylic acid groups (broad SMARTS) is 1. The summed E-state index contributed by atoms with van der Waals surface area (Å²) in [7, 11) is 0. The van der Waals surface area contributed by atoms with E-state index in [9.17, 15) is 29.4 Å². The van der Waals surface area contributed by atoms with Gasteiger partial charge >= 0.3 is 12.0 Å². The molecule has 2 fully saturated rings. The lowest BCUT2D eigenvalue weighted by Crippen LogP contribution is -2.56. The molecule has 0 radical (unpaired) electrons. The van der Waals surface area contributed by atoms with Crippen molar-refractivity contribution in [2.45, 2.75) is 31.3 Å². The highest BCUT2D eigenvalue weighted by molar-refractivity contribution is 6.32. The largest absolute Gasteiger partial charge is 0.508 e. The lowest BCUT2D eigenvalue weighted by Gasteiger charge is -2.31. The van der Waals surface area contributed by atoms with Gasteiger partial charge < -0.3 is 21.3 Å². The summed E-state index contributed by atoms with van der Waals surface area (Å²) in [5.74, 6) is -5.04. The molecular formula is C24H25ClN4O6. The van der Waals surface area contributed by atoms with Gasteiger partial charge in [-0.15, -0.1) is 0 Å². The number of carbonyl (C=O) groups excluding carboxylic acids is 3. The van der Waals surface area contributed by atoms with Gasteiger partial charge in [0, 0.05) is 23.2 Å². The first-order chi connectivity index (χ1) is 16.6. The minimum absolute atomic E-state index is 0.0740. The highest BCUT2D eigenvalue weighted by Gasteiger charge is 2.68. The van der Waals surface area contributed by atoms with Crippen molar-refractivity contribution in [2.75, 3.05) is 11.4 Å². The number of fused-ring (bicyclic) bond motifs is 1. The molecule has 2 aliphatic rings. The smallest absolute Gasteiger partial charge is 0.324 e. The molecule has 4 atom stereocenters. The van der Waals surface area contributed by atoms with Gasteiger partial charge in [0.25, 0.3) is 0 Å². The molecule has 35 heavy (non-hydrogen) atoms.